The fraction of sp³-hybridized carbons (Fsp3) is 0.0800. The lowest BCUT2D eigenvalue weighted by Crippen LogP contribution is -2.19. The van der Waals surface area contributed by atoms with Crippen molar-refractivity contribution in [1.82, 2.24) is 4.57 Å². The van der Waals surface area contributed by atoms with Crippen LogP contribution in [0.15, 0.2) is 182 Å². The lowest BCUT2D eigenvalue weighted by Gasteiger charge is -2.33. The molecule has 0 saturated carbocycles. The van der Waals surface area contributed by atoms with E-state index in [9.17, 15) is 0 Å². The first-order valence-electron chi connectivity index (χ1n) is 18.5. The van der Waals surface area contributed by atoms with Gasteiger partial charge in [-0.25, -0.2) is 0 Å². The maximum absolute atomic E-state index is 2.50. The minimum Gasteiger partial charge on any atom is -0.310 e. The van der Waals surface area contributed by atoms with Gasteiger partial charge in [0.2, 0.25) is 0 Å². The largest absolute Gasteiger partial charge is 0.310 e. The molecule has 0 N–H and O–H groups in total. The molecule has 0 amide bonds. The van der Waals surface area contributed by atoms with Crippen molar-refractivity contribution < 1.29 is 0 Å². The number of fused-ring (bicyclic) bond motifs is 8. The third-order valence-electron chi connectivity index (χ3n) is 11.6. The van der Waals surface area contributed by atoms with Gasteiger partial charge in [-0.15, -0.1) is 0 Å². The lowest BCUT2D eigenvalue weighted by atomic mass is 9.71. The molecule has 1 heterocycles. The molecule has 7 aromatic carbocycles. The summed E-state index contributed by atoms with van der Waals surface area (Å²) in [5.41, 5.74) is 18.1. The Labute approximate surface area is 304 Å². The number of nitrogens with zero attached hydrogens (tertiary/aromatic N) is 2. The average molecular weight is 665 g/mol. The van der Waals surface area contributed by atoms with Crippen LogP contribution >= 0.6 is 0 Å². The normalized spacial score (nSPS) is 16.7. The first kappa shape index (κ1) is 29.4. The Morgan fingerprint density at radius 2 is 1.25 bits per heavy atom. The molecule has 1 aromatic heterocycles. The molecular formula is C50H36N2. The number of benzene rings is 7. The van der Waals surface area contributed by atoms with Gasteiger partial charge in [0, 0.05) is 45.4 Å². The Bertz CT molecular complexity index is 2730. The van der Waals surface area contributed by atoms with Gasteiger partial charge in [-0.2, -0.15) is 0 Å². The Kier molecular flexibility index (Phi) is 6.54. The van der Waals surface area contributed by atoms with E-state index < -0.39 is 0 Å². The summed E-state index contributed by atoms with van der Waals surface area (Å²) in [5, 5.41) is 2.52. The number of hydrogen-bond donors (Lipinski definition) is 0. The highest BCUT2D eigenvalue weighted by Crippen LogP contribution is 2.57. The summed E-state index contributed by atoms with van der Waals surface area (Å²) >= 11 is 0. The first-order chi connectivity index (χ1) is 25.8. The molecule has 0 spiro atoms. The molecule has 0 radical (unpaired) electrons. The third-order valence-corrected chi connectivity index (χ3v) is 11.6. The molecule has 0 bridgehead atoms. The molecule has 2 nitrogen and oxygen atoms in total. The van der Waals surface area contributed by atoms with Crippen molar-refractivity contribution in [2.75, 3.05) is 4.90 Å². The van der Waals surface area contributed by atoms with E-state index in [4.69, 9.17) is 0 Å². The van der Waals surface area contributed by atoms with Crippen LogP contribution in [-0.2, 0) is 0 Å². The van der Waals surface area contributed by atoms with Gasteiger partial charge in [-0.05, 0) is 106 Å². The molecule has 2 atom stereocenters. The Morgan fingerprint density at radius 1 is 0.538 bits per heavy atom. The third kappa shape index (κ3) is 4.44. The fourth-order valence-electron chi connectivity index (χ4n) is 9.32. The Balaban J connectivity index is 1.12. The summed E-state index contributed by atoms with van der Waals surface area (Å²) in [7, 11) is 0. The van der Waals surface area contributed by atoms with Gasteiger partial charge in [-0.1, -0.05) is 133 Å². The summed E-state index contributed by atoms with van der Waals surface area (Å²) < 4.78 is 2.41. The van der Waals surface area contributed by atoms with Gasteiger partial charge in [0.05, 0.1) is 11.0 Å². The van der Waals surface area contributed by atoms with Crippen molar-refractivity contribution in [3.63, 3.8) is 0 Å². The highest BCUT2D eigenvalue weighted by atomic mass is 15.1. The molecule has 0 fully saturated rings. The highest BCUT2D eigenvalue weighted by Gasteiger charge is 2.40. The smallest absolute Gasteiger partial charge is 0.0561 e. The summed E-state index contributed by atoms with van der Waals surface area (Å²) in [6, 6.07) is 60.4. The van der Waals surface area contributed by atoms with Crippen LogP contribution in [0.1, 0.15) is 35.4 Å². The van der Waals surface area contributed by atoms with Gasteiger partial charge in [0.1, 0.15) is 0 Å². The molecule has 3 aliphatic carbocycles. The van der Waals surface area contributed by atoms with Gasteiger partial charge < -0.3 is 9.47 Å². The lowest BCUT2D eigenvalue weighted by molar-refractivity contribution is 0.609. The van der Waals surface area contributed by atoms with Crippen molar-refractivity contribution >= 4 is 44.9 Å². The Hall–Kier alpha value is -6.38. The second-order valence-corrected chi connectivity index (χ2v) is 14.4. The Morgan fingerprint density at radius 3 is 2.12 bits per heavy atom. The van der Waals surface area contributed by atoms with Gasteiger partial charge in [-0.3, -0.25) is 0 Å². The van der Waals surface area contributed by atoms with Crippen LogP contribution in [0.4, 0.5) is 17.1 Å². The minimum absolute atomic E-state index is 0.336. The first-order valence-corrected chi connectivity index (χ1v) is 18.5. The van der Waals surface area contributed by atoms with Crippen LogP contribution in [0.25, 0.3) is 55.8 Å². The zero-order valence-electron chi connectivity index (χ0n) is 28.8. The second kappa shape index (κ2) is 11.6. The molecule has 8 aromatic rings. The second-order valence-electron chi connectivity index (χ2n) is 14.4. The predicted octanol–water partition coefficient (Wildman–Crippen LogP) is 13.4. The van der Waals surface area contributed by atoms with E-state index in [2.05, 4.69) is 191 Å². The average Bonchev–Trinajstić information content (AvgIpc) is 3.72. The number of aromatic nitrogens is 1. The van der Waals surface area contributed by atoms with Gasteiger partial charge >= 0.3 is 0 Å². The molecular weight excluding hydrogens is 629 g/mol. The zero-order chi connectivity index (χ0) is 34.2. The number of rotatable bonds is 5. The van der Waals surface area contributed by atoms with Crippen LogP contribution < -0.4 is 4.90 Å². The molecule has 2 unspecified atom stereocenters. The van der Waals surface area contributed by atoms with Crippen LogP contribution in [0.5, 0.6) is 0 Å². The predicted molar refractivity (Wildman–Crippen MR) is 218 cm³/mol. The van der Waals surface area contributed by atoms with E-state index in [1.165, 1.54) is 66.4 Å². The number of hydrogen-bond acceptors (Lipinski definition) is 1. The van der Waals surface area contributed by atoms with E-state index in [1.54, 1.807) is 5.57 Å². The maximum Gasteiger partial charge on any atom is 0.0561 e. The quantitative estimate of drug-likeness (QED) is 0.166. The number of allylic oxidation sites excluding steroid dienone is 3. The van der Waals surface area contributed by atoms with E-state index >= 15 is 0 Å². The van der Waals surface area contributed by atoms with Crippen LogP contribution in [0.3, 0.4) is 0 Å². The summed E-state index contributed by atoms with van der Waals surface area (Å²) in [6.45, 7) is 0. The SMILES string of the molecule is C1=CC2C(=Cc3cccc4c3C2c2cc(N(c3ccc(-c5ccccc5)cc3)c3ccc5c6ccccc6n(-c6ccccc6)c5c3)ccc2-4)CC1. The van der Waals surface area contributed by atoms with Crippen molar-refractivity contribution in [3.05, 3.63) is 198 Å². The molecule has 52 heavy (non-hydrogen) atoms. The van der Waals surface area contributed by atoms with E-state index in [1.807, 2.05) is 0 Å². The van der Waals surface area contributed by atoms with E-state index in [-0.39, 0.29) is 0 Å². The van der Waals surface area contributed by atoms with Crippen LogP contribution in [-0.4, -0.2) is 4.57 Å². The summed E-state index contributed by atoms with van der Waals surface area (Å²) in [6.07, 6.45) is 9.65. The fourth-order valence-corrected chi connectivity index (χ4v) is 9.32. The summed E-state index contributed by atoms with van der Waals surface area (Å²) in [5.74, 6) is 0.749. The molecule has 3 aliphatic rings. The van der Waals surface area contributed by atoms with Gasteiger partial charge in [0.15, 0.2) is 0 Å². The topological polar surface area (TPSA) is 8.17 Å². The van der Waals surface area contributed by atoms with Crippen LogP contribution in [0, 0.1) is 5.92 Å². The number of para-hydroxylation sites is 2. The van der Waals surface area contributed by atoms with Crippen molar-refractivity contribution in [1.29, 1.82) is 0 Å². The van der Waals surface area contributed by atoms with Crippen molar-refractivity contribution in [2.24, 2.45) is 5.92 Å². The van der Waals surface area contributed by atoms with E-state index in [0.29, 0.717) is 11.8 Å². The molecule has 11 rings (SSSR count). The van der Waals surface area contributed by atoms with Crippen molar-refractivity contribution in [2.45, 2.75) is 18.8 Å². The highest BCUT2D eigenvalue weighted by molar-refractivity contribution is 6.10. The molecule has 0 saturated heterocycles. The summed E-state index contributed by atoms with van der Waals surface area (Å²) in [4.78, 5) is 2.46. The standard InChI is InChI=1S/C50H36N2/c1-3-12-33(13-4-1)34-22-24-38(25-23-34)51(40-27-29-44-43-19-9-10-21-47(43)52(48(44)32-40)37-16-5-2-6-17-37)39-26-28-42-45-20-11-15-36-30-35-14-7-8-18-41(35)50(49(36)45)46(42)31-39/h1-6,8-13,15-32,41,50H,7,14H2. The zero-order valence-corrected chi connectivity index (χ0v) is 28.8. The van der Waals surface area contributed by atoms with E-state index in [0.717, 1.165) is 29.9 Å². The molecule has 246 valence electrons. The van der Waals surface area contributed by atoms with Crippen LogP contribution in [0.2, 0.25) is 0 Å². The maximum atomic E-state index is 2.50. The monoisotopic (exact) mass is 664 g/mol. The molecule has 2 heteroatoms. The van der Waals surface area contributed by atoms with Gasteiger partial charge in [0.25, 0.3) is 0 Å². The number of anilines is 3. The van der Waals surface area contributed by atoms with Crippen molar-refractivity contribution in [3.8, 4) is 27.9 Å². The molecule has 0 aliphatic heterocycles. The minimum atomic E-state index is 0.336.